The first-order valence-corrected chi connectivity index (χ1v) is 5.65. The van der Waals surface area contributed by atoms with Crippen molar-refractivity contribution in [2.45, 2.75) is 20.0 Å². The Morgan fingerprint density at radius 1 is 1.38 bits per heavy atom. The summed E-state index contributed by atoms with van der Waals surface area (Å²) in [5, 5.41) is 3.74. The third-order valence-electron chi connectivity index (χ3n) is 2.03. The zero-order valence-corrected chi connectivity index (χ0v) is 10.7. The lowest BCUT2D eigenvalue weighted by molar-refractivity contribution is 0.243. The second-order valence-corrected chi connectivity index (χ2v) is 4.40. The second kappa shape index (κ2) is 4.80. The van der Waals surface area contributed by atoms with Gasteiger partial charge in [0, 0.05) is 0 Å². The summed E-state index contributed by atoms with van der Waals surface area (Å²) in [4.78, 5) is 6.18. The molecule has 0 amide bonds. The van der Waals surface area contributed by atoms with Crippen LogP contribution in [0.25, 0.3) is 0 Å². The van der Waals surface area contributed by atoms with Gasteiger partial charge in [-0.15, -0.1) is 0 Å². The predicted octanol–water partition coefficient (Wildman–Crippen LogP) is 2.37. The predicted molar refractivity (Wildman–Crippen MR) is 60.6 cm³/mol. The van der Waals surface area contributed by atoms with E-state index in [1.165, 1.54) is 0 Å². The Kier molecular flexibility index (Phi) is 3.40. The molecular formula is C10H12BrN3O2. The van der Waals surface area contributed by atoms with Crippen LogP contribution in [0, 0.1) is 6.92 Å². The zero-order chi connectivity index (χ0) is 11.5. The van der Waals surface area contributed by atoms with Crippen molar-refractivity contribution in [1.29, 1.82) is 0 Å². The smallest absolute Gasteiger partial charge is 0.240 e. The van der Waals surface area contributed by atoms with Gasteiger partial charge in [-0.25, -0.2) is 0 Å². The maximum absolute atomic E-state index is 5.41. The molecule has 0 aliphatic heterocycles. The first-order chi connectivity index (χ1) is 7.63. The van der Waals surface area contributed by atoms with E-state index in [0.29, 0.717) is 24.8 Å². The summed E-state index contributed by atoms with van der Waals surface area (Å²) in [5.74, 6) is 2.17. The van der Waals surface area contributed by atoms with Crippen molar-refractivity contribution in [3.63, 3.8) is 0 Å². The van der Waals surface area contributed by atoms with Gasteiger partial charge < -0.3 is 8.94 Å². The topological polar surface area (TPSA) is 55.3 Å². The molecule has 0 radical (unpaired) electrons. The molecule has 6 heteroatoms. The van der Waals surface area contributed by atoms with Crippen molar-refractivity contribution in [3.05, 3.63) is 34.3 Å². The van der Waals surface area contributed by atoms with E-state index in [1.807, 2.05) is 24.1 Å². The van der Waals surface area contributed by atoms with Crippen LogP contribution < -0.4 is 0 Å². The molecule has 0 fully saturated rings. The van der Waals surface area contributed by atoms with E-state index >= 15 is 0 Å². The Bertz CT molecular complexity index is 424. The molecule has 2 rings (SSSR count). The molecule has 0 saturated heterocycles. The number of hydrogen-bond acceptors (Lipinski definition) is 5. The Morgan fingerprint density at radius 2 is 2.19 bits per heavy atom. The van der Waals surface area contributed by atoms with Crippen molar-refractivity contribution in [2.24, 2.45) is 0 Å². The quantitative estimate of drug-likeness (QED) is 0.863. The SMILES string of the molecule is Cc1noc(CN(C)Cc2ccc(Br)o2)n1. The minimum absolute atomic E-state index is 0.610. The number of aromatic nitrogens is 2. The summed E-state index contributed by atoms with van der Waals surface area (Å²) in [7, 11) is 1.97. The van der Waals surface area contributed by atoms with E-state index in [9.17, 15) is 0 Å². The van der Waals surface area contributed by atoms with Gasteiger partial charge in [-0.05, 0) is 42.0 Å². The largest absolute Gasteiger partial charge is 0.453 e. The van der Waals surface area contributed by atoms with Gasteiger partial charge in [0.2, 0.25) is 5.89 Å². The molecule has 86 valence electrons. The lowest BCUT2D eigenvalue weighted by Crippen LogP contribution is -2.17. The van der Waals surface area contributed by atoms with E-state index in [1.54, 1.807) is 6.92 Å². The summed E-state index contributed by atoms with van der Waals surface area (Å²) >= 11 is 3.27. The van der Waals surface area contributed by atoms with Crippen LogP contribution in [-0.2, 0) is 13.1 Å². The van der Waals surface area contributed by atoms with Gasteiger partial charge in [-0.3, -0.25) is 4.90 Å². The van der Waals surface area contributed by atoms with Crippen LogP contribution in [0.5, 0.6) is 0 Å². The molecule has 0 bridgehead atoms. The normalized spacial score (nSPS) is 11.2. The van der Waals surface area contributed by atoms with Gasteiger partial charge >= 0.3 is 0 Å². The second-order valence-electron chi connectivity index (χ2n) is 3.61. The molecule has 0 aromatic carbocycles. The van der Waals surface area contributed by atoms with Gasteiger partial charge in [0.1, 0.15) is 5.76 Å². The molecule has 0 atom stereocenters. The Labute approximate surface area is 102 Å². The van der Waals surface area contributed by atoms with Gasteiger partial charge in [0.05, 0.1) is 13.1 Å². The summed E-state index contributed by atoms with van der Waals surface area (Å²) in [5.41, 5.74) is 0. The van der Waals surface area contributed by atoms with E-state index in [0.717, 1.165) is 10.4 Å². The van der Waals surface area contributed by atoms with Gasteiger partial charge in [-0.2, -0.15) is 4.98 Å². The molecule has 0 spiro atoms. The number of hydrogen-bond donors (Lipinski definition) is 0. The number of rotatable bonds is 4. The number of halogens is 1. The maximum Gasteiger partial charge on any atom is 0.240 e. The molecule has 2 aromatic heterocycles. The Hall–Kier alpha value is -1.14. The van der Waals surface area contributed by atoms with Crippen LogP contribution in [0.2, 0.25) is 0 Å². The Balaban J connectivity index is 1.91. The minimum Gasteiger partial charge on any atom is -0.453 e. The van der Waals surface area contributed by atoms with Crippen molar-refractivity contribution >= 4 is 15.9 Å². The number of aryl methyl sites for hydroxylation is 1. The van der Waals surface area contributed by atoms with Crippen LogP contribution >= 0.6 is 15.9 Å². The summed E-state index contributed by atoms with van der Waals surface area (Å²) < 4.78 is 11.2. The van der Waals surface area contributed by atoms with Crippen LogP contribution in [0.3, 0.4) is 0 Å². The highest BCUT2D eigenvalue weighted by Gasteiger charge is 2.09. The molecule has 2 aromatic rings. The van der Waals surface area contributed by atoms with Gasteiger partial charge in [-0.1, -0.05) is 5.16 Å². The van der Waals surface area contributed by atoms with Crippen LogP contribution in [0.15, 0.2) is 25.7 Å². The van der Waals surface area contributed by atoms with Crippen molar-refractivity contribution in [2.75, 3.05) is 7.05 Å². The third-order valence-corrected chi connectivity index (χ3v) is 2.46. The highest BCUT2D eigenvalue weighted by Crippen LogP contribution is 2.15. The Morgan fingerprint density at radius 3 is 2.75 bits per heavy atom. The van der Waals surface area contributed by atoms with Crippen molar-refractivity contribution in [1.82, 2.24) is 15.0 Å². The molecule has 0 aliphatic rings. The summed E-state index contributed by atoms with van der Waals surface area (Å²) in [6.07, 6.45) is 0. The fraction of sp³-hybridized carbons (Fsp3) is 0.400. The maximum atomic E-state index is 5.41. The van der Waals surface area contributed by atoms with Crippen LogP contribution in [-0.4, -0.2) is 22.1 Å². The monoisotopic (exact) mass is 285 g/mol. The molecule has 0 unspecified atom stereocenters. The average Bonchev–Trinajstić information content (AvgIpc) is 2.76. The van der Waals surface area contributed by atoms with Crippen molar-refractivity contribution in [3.8, 4) is 0 Å². The fourth-order valence-electron chi connectivity index (χ4n) is 1.39. The number of furan rings is 1. The molecule has 0 N–H and O–H groups in total. The zero-order valence-electron chi connectivity index (χ0n) is 9.11. The van der Waals surface area contributed by atoms with Gasteiger partial charge in [0.25, 0.3) is 0 Å². The molecule has 5 nitrogen and oxygen atoms in total. The van der Waals surface area contributed by atoms with E-state index < -0.39 is 0 Å². The van der Waals surface area contributed by atoms with Crippen LogP contribution in [0.1, 0.15) is 17.5 Å². The highest BCUT2D eigenvalue weighted by atomic mass is 79.9. The minimum atomic E-state index is 0.610. The van der Waals surface area contributed by atoms with Crippen LogP contribution in [0.4, 0.5) is 0 Å². The fourth-order valence-corrected chi connectivity index (χ4v) is 1.73. The molecule has 0 saturated carbocycles. The third kappa shape index (κ3) is 2.93. The molecule has 0 aliphatic carbocycles. The summed E-state index contributed by atoms with van der Waals surface area (Å²) in [6, 6.07) is 3.81. The molecular weight excluding hydrogens is 274 g/mol. The first kappa shape index (κ1) is 11.3. The standard InChI is InChI=1S/C10H12BrN3O2/c1-7-12-10(16-13-7)6-14(2)5-8-3-4-9(11)15-8/h3-4H,5-6H2,1-2H3. The van der Waals surface area contributed by atoms with E-state index in [-0.39, 0.29) is 0 Å². The molecule has 16 heavy (non-hydrogen) atoms. The average molecular weight is 286 g/mol. The van der Waals surface area contributed by atoms with Crippen molar-refractivity contribution < 1.29 is 8.94 Å². The first-order valence-electron chi connectivity index (χ1n) is 4.85. The lowest BCUT2D eigenvalue weighted by atomic mass is 10.4. The summed E-state index contributed by atoms with van der Waals surface area (Å²) in [6.45, 7) is 3.11. The van der Waals surface area contributed by atoms with Gasteiger partial charge in [0.15, 0.2) is 10.5 Å². The molecule has 2 heterocycles. The lowest BCUT2D eigenvalue weighted by Gasteiger charge is -2.11. The van der Waals surface area contributed by atoms with E-state index in [2.05, 4.69) is 26.1 Å². The highest BCUT2D eigenvalue weighted by molar-refractivity contribution is 9.10. The number of nitrogens with zero attached hydrogens (tertiary/aromatic N) is 3. The van der Waals surface area contributed by atoms with E-state index in [4.69, 9.17) is 8.94 Å².